The molecule has 0 rings (SSSR count). The van der Waals surface area contributed by atoms with Gasteiger partial charge in [-0.05, 0) is 49.4 Å². The summed E-state index contributed by atoms with van der Waals surface area (Å²) in [5.41, 5.74) is 0. The molecule has 0 saturated carbocycles. The number of phosphoric acid groups is 2. The highest BCUT2D eigenvalue weighted by atomic mass is 31.2. The van der Waals surface area contributed by atoms with Gasteiger partial charge in [0.25, 0.3) is 0 Å². The van der Waals surface area contributed by atoms with Crippen molar-refractivity contribution in [2.45, 2.75) is 395 Å². The number of carbonyl (C=O) groups is 4. The fraction of sp³-hybridized carbons (Fsp3) is 0.947. The topological polar surface area (TPSA) is 237 Å². The average Bonchev–Trinajstić information content (AvgIpc) is 1.16. The maximum atomic E-state index is 13.1. The summed E-state index contributed by atoms with van der Waals surface area (Å²) in [5, 5.41) is 10.6. The van der Waals surface area contributed by atoms with E-state index in [9.17, 15) is 43.2 Å². The van der Waals surface area contributed by atoms with E-state index in [1.807, 2.05) is 0 Å². The van der Waals surface area contributed by atoms with Crippen molar-refractivity contribution in [2.24, 2.45) is 23.7 Å². The fourth-order valence-electron chi connectivity index (χ4n) is 11.3. The summed E-state index contributed by atoms with van der Waals surface area (Å²) in [4.78, 5) is 72.6. The molecule has 0 aromatic carbocycles. The molecule has 0 bridgehead atoms. The molecule has 0 spiro atoms. The van der Waals surface area contributed by atoms with Gasteiger partial charge in [-0.25, -0.2) is 9.13 Å². The van der Waals surface area contributed by atoms with E-state index in [4.69, 9.17) is 37.0 Å². The molecule has 0 aliphatic carbocycles. The van der Waals surface area contributed by atoms with Crippen LogP contribution in [-0.2, 0) is 65.4 Å². The molecule has 94 heavy (non-hydrogen) atoms. The smallest absolute Gasteiger partial charge is 0.462 e. The van der Waals surface area contributed by atoms with Crippen molar-refractivity contribution in [1.82, 2.24) is 0 Å². The Morgan fingerprint density at radius 1 is 0.298 bits per heavy atom. The van der Waals surface area contributed by atoms with Gasteiger partial charge in [-0.1, -0.05) is 325 Å². The van der Waals surface area contributed by atoms with Gasteiger partial charge in [0.2, 0.25) is 0 Å². The average molecular weight is 1380 g/mol. The van der Waals surface area contributed by atoms with Crippen molar-refractivity contribution in [1.29, 1.82) is 0 Å². The maximum Gasteiger partial charge on any atom is 0.472 e. The van der Waals surface area contributed by atoms with Crippen molar-refractivity contribution in [3.63, 3.8) is 0 Å². The van der Waals surface area contributed by atoms with E-state index in [1.54, 1.807) is 0 Å². The minimum absolute atomic E-state index is 0.101. The summed E-state index contributed by atoms with van der Waals surface area (Å²) in [6.07, 6.45) is 49.0. The number of unbranched alkanes of at least 4 members (excludes halogenated alkanes) is 37. The molecule has 3 unspecified atom stereocenters. The van der Waals surface area contributed by atoms with Gasteiger partial charge >= 0.3 is 39.5 Å². The number of hydrogen-bond donors (Lipinski definition) is 3. The standard InChI is InChI=1S/C75H146O17P2/c1-9-68(8)54-46-38-28-24-20-16-13-14-17-21-25-29-39-47-55-72(77)85-61-70(91-74(79)57-49-41-30-26-22-18-12-10-11-15-19-23-27-35-43-51-65(2)3)63-89-93(81,82)87-59-69(76)60-88-94(83,84)90-64-71(92-75(80)58-50-42-34-32-37-45-53-67(6)7)62-86-73(78)56-48-40-33-31-36-44-52-66(4)5/h65-71,76H,9-64H2,1-8H3,(H,81,82)(H,83,84)/t68?,69-,70-,71-/m1/s1. The number of esters is 4. The zero-order chi connectivity index (χ0) is 69.6. The zero-order valence-electron chi connectivity index (χ0n) is 61.6. The molecule has 0 fully saturated rings. The predicted octanol–water partition coefficient (Wildman–Crippen LogP) is 21.7. The summed E-state index contributed by atoms with van der Waals surface area (Å²) in [5.74, 6) is 0.873. The zero-order valence-corrected chi connectivity index (χ0v) is 63.4. The highest BCUT2D eigenvalue weighted by Crippen LogP contribution is 2.45. The number of aliphatic hydroxyl groups is 1. The Balaban J connectivity index is 5.20. The molecule has 558 valence electrons. The molecule has 0 saturated heterocycles. The highest BCUT2D eigenvalue weighted by Gasteiger charge is 2.30. The van der Waals surface area contributed by atoms with Gasteiger partial charge in [-0.3, -0.25) is 37.3 Å². The Hall–Kier alpha value is -1.94. The Kier molecular flexibility index (Phi) is 63.1. The fourth-order valence-corrected chi connectivity index (χ4v) is 12.9. The normalized spacial score (nSPS) is 14.4. The van der Waals surface area contributed by atoms with Crippen LogP contribution < -0.4 is 0 Å². The first-order valence-corrected chi connectivity index (χ1v) is 41.7. The Labute approximate surface area is 575 Å². The van der Waals surface area contributed by atoms with Gasteiger partial charge in [0.05, 0.1) is 26.4 Å². The molecule has 17 nitrogen and oxygen atoms in total. The molecule has 0 radical (unpaired) electrons. The summed E-state index contributed by atoms with van der Waals surface area (Å²) in [6, 6.07) is 0. The van der Waals surface area contributed by atoms with Crippen LogP contribution in [0.3, 0.4) is 0 Å². The number of carbonyl (C=O) groups excluding carboxylic acids is 4. The van der Waals surface area contributed by atoms with Crippen LogP contribution in [0.5, 0.6) is 0 Å². The maximum absolute atomic E-state index is 13.1. The highest BCUT2D eigenvalue weighted by molar-refractivity contribution is 7.47. The third kappa shape index (κ3) is 67.3. The van der Waals surface area contributed by atoms with Crippen molar-refractivity contribution < 1.29 is 80.2 Å². The lowest BCUT2D eigenvalue weighted by molar-refractivity contribution is -0.161. The molecule has 19 heteroatoms. The number of hydrogen-bond acceptors (Lipinski definition) is 15. The van der Waals surface area contributed by atoms with E-state index < -0.39 is 97.5 Å². The molecular formula is C75H146O17P2. The van der Waals surface area contributed by atoms with Crippen LogP contribution in [0.15, 0.2) is 0 Å². The summed E-state index contributed by atoms with van der Waals surface area (Å²) < 4.78 is 68.4. The number of ether oxygens (including phenoxy) is 4. The second-order valence-electron chi connectivity index (χ2n) is 28.7. The van der Waals surface area contributed by atoms with E-state index >= 15 is 0 Å². The Morgan fingerprint density at radius 2 is 0.511 bits per heavy atom. The van der Waals surface area contributed by atoms with Crippen LogP contribution in [0.1, 0.15) is 376 Å². The minimum atomic E-state index is -4.96. The molecule has 0 aliphatic heterocycles. The Morgan fingerprint density at radius 3 is 0.755 bits per heavy atom. The molecule has 0 aliphatic rings. The molecule has 0 heterocycles. The summed E-state index contributed by atoms with van der Waals surface area (Å²) in [6.45, 7) is 14.1. The van der Waals surface area contributed by atoms with E-state index in [0.29, 0.717) is 37.5 Å². The van der Waals surface area contributed by atoms with Crippen LogP contribution in [0.4, 0.5) is 0 Å². The molecule has 6 atom stereocenters. The lowest BCUT2D eigenvalue weighted by atomic mass is 9.99. The van der Waals surface area contributed by atoms with Gasteiger partial charge in [-0.2, -0.15) is 0 Å². The van der Waals surface area contributed by atoms with E-state index in [0.717, 1.165) is 108 Å². The SMILES string of the molecule is CCC(C)CCCCCCCCCCCCCCCCC(=O)OC[C@H](COP(=O)(O)OC[C@@H](O)COP(=O)(O)OC[C@@H](COC(=O)CCCCCCCCC(C)C)OC(=O)CCCCCCCCC(C)C)OC(=O)CCCCCCCCCCCCCCCCCC(C)C. The van der Waals surface area contributed by atoms with Gasteiger partial charge in [-0.15, -0.1) is 0 Å². The van der Waals surface area contributed by atoms with Crippen molar-refractivity contribution in [3.05, 3.63) is 0 Å². The van der Waals surface area contributed by atoms with Gasteiger partial charge in [0.15, 0.2) is 12.2 Å². The van der Waals surface area contributed by atoms with Crippen molar-refractivity contribution in [3.8, 4) is 0 Å². The van der Waals surface area contributed by atoms with Gasteiger partial charge in [0, 0.05) is 25.7 Å². The van der Waals surface area contributed by atoms with E-state index in [2.05, 4.69) is 55.4 Å². The van der Waals surface area contributed by atoms with Crippen LogP contribution in [0.2, 0.25) is 0 Å². The van der Waals surface area contributed by atoms with Crippen molar-refractivity contribution >= 4 is 39.5 Å². The lowest BCUT2D eigenvalue weighted by Crippen LogP contribution is -2.30. The quantitative estimate of drug-likeness (QED) is 0.0222. The number of aliphatic hydroxyl groups excluding tert-OH is 1. The second kappa shape index (κ2) is 64.4. The van der Waals surface area contributed by atoms with Crippen LogP contribution in [-0.4, -0.2) is 96.7 Å². The van der Waals surface area contributed by atoms with Gasteiger partial charge in [0.1, 0.15) is 19.3 Å². The number of rotatable bonds is 72. The molecule has 0 aromatic rings. The van der Waals surface area contributed by atoms with Crippen LogP contribution in [0.25, 0.3) is 0 Å². The first-order chi connectivity index (χ1) is 45.1. The lowest BCUT2D eigenvalue weighted by Gasteiger charge is -2.21. The summed E-state index contributed by atoms with van der Waals surface area (Å²) >= 11 is 0. The number of phosphoric ester groups is 2. The first-order valence-electron chi connectivity index (χ1n) is 38.7. The molecular weight excluding hydrogens is 1230 g/mol. The summed E-state index contributed by atoms with van der Waals surface area (Å²) in [7, 11) is -9.91. The van der Waals surface area contributed by atoms with Gasteiger partial charge < -0.3 is 33.8 Å². The van der Waals surface area contributed by atoms with Crippen LogP contribution >= 0.6 is 15.6 Å². The monoisotopic (exact) mass is 1380 g/mol. The predicted molar refractivity (Wildman–Crippen MR) is 381 cm³/mol. The molecule has 3 N–H and O–H groups in total. The van der Waals surface area contributed by atoms with E-state index in [-0.39, 0.29) is 25.7 Å². The first kappa shape index (κ1) is 92.1. The van der Waals surface area contributed by atoms with Crippen LogP contribution in [0, 0.1) is 23.7 Å². The Bertz CT molecular complexity index is 1850. The third-order valence-corrected chi connectivity index (χ3v) is 19.6. The second-order valence-corrected chi connectivity index (χ2v) is 31.6. The van der Waals surface area contributed by atoms with Crippen molar-refractivity contribution in [2.75, 3.05) is 39.6 Å². The third-order valence-electron chi connectivity index (χ3n) is 17.7. The molecule has 0 amide bonds. The largest absolute Gasteiger partial charge is 0.472 e. The van der Waals surface area contributed by atoms with E-state index in [1.165, 1.54) is 173 Å². The molecule has 0 aromatic heterocycles. The minimum Gasteiger partial charge on any atom is -0.462 e.